The molecule has 0 aliphatic heterocycles. The molecule has 25 heavy (non-hydrogen) atoms. The van der Waals surface area contributed by atoms with E-state index >= 15 is 0 Å². The van der Waals surface area contributed by atoms with Gasteiger partial charge < -0.3 is 0 Å². The summed E-state index contributed by atoms with van der Waals surface area (Å²) in [7, 11) is 0. The monoisotopic (exact) mass is 350 g/mol. The van der Waals surface area contributed by atoms with E-state index < -0.39 is 0 Å². The molecule has 0 unspecified atom stereocenters. The number of amides is 1. The van der Waals surface area contributed by atoms with Crippen molar-refractivity contribution in [3.05, 3.63) is 94.6 Å². The summed E-state index contributed by atoms with van der Waals surface area (Å²) in [6.45, 7) is 2.56. The van der Waals surface area contributed by atoms with Gasteiger partial charge in [0.2, 0.25) is 0 Å². The average Bonchev–Trinajstić information content (AvgIpc) is 2.67. The van der Waals surface area contributed by atoms with Gasteiger partial charge >= 0.3 is 0 Å². The van der Waals surface area contributed by atoms with Crippen molar-refractivity contribution in [3.8, 4) is 0 Å². The van der Waals surface area contributed by atoms with Crippen molar-refractivity contribution in [1.29, 1.82) is 0 Å². The van der Waals surface area contributed by atoms with Crippen molar-refractivity contribution in [3.63, 3.8) is 0 Å². The quantitative estimate of drug-likeness (QED) is 0.638. The van der Waals surface area contributed by atoms with E-state index in [1.54, 1.807) is 23.2 Å². The largest absolute Gasteiger partial charge is 0.288 e. The van der Waals surface area contributed by atoms with Crippen molar-refractivity contribution in [2.75, 3.05) is 4.90 Å². The predicted octanol–water partition coefficient (Wildman–Crippen LogP) is 5.14. The zero-order valence-corrected chi connectivity index (χ0v) is 14.8. The first-order valence-corrected chi connectivity index (χ1v) is 8.62. The molecule has 0 saturated heterocycles. The molecule has 126 valence electrons. The zero-order valence-electron chi connectivity index (χ0n) is 14.0. The van der Waals surface area contributed by atoms with Crippen LogP contribution in [0, 0.1) is 0 Å². The second-order valence-corrected chi connectivity index (χ2v) is 6.14. The molecule has 4 heteroatoms. The SMILES string of the molecule is CCc1ccc(CN(C(=O)c2ccccc2Cl)c2ccccn2)cc1. The summed E-state index contributed by atoms with van der Waals surface area (Å²) >= 11 is 6.23. The predicted molar refractivity (Wildman–Crippen MR) is 102 cm³/mol. The summed E-state index contributed by atoms with van der Waals surface area (Å²) in [4.78, 5) is 19.1. The highest BCUT2D eigenvalue weighted by Crippen LogP contribution is 2.22. The second kappa shape index (κ2) is 7.95. The summed E-state index contributed by atoms with van der Waals surface area (Å²) in [6, 6.07) is 20.9. The minimum atomic E-state index is -0.163. The van der Waals surface area contributed by atoms with Crippen molar-refractivity contribution < 1.29 is 4.79 Å². The number of hydrogen-bond donors (Lipinski definition) is 0. The first kappa shape index (κ1) is 17.2. The minimum absolute atomic E-state index is 0.163. The molecule has 1 amide bonds. The Kier molecular flexibility index (Phi) is 5.46. The molecular weight excluding hydrogens is 332 g/mol. The van der Waals surface area contributed by atoms with Crippen LogP contribution in [-0.2, 0) is 13.0 Å². The van der Waals surface area contributed by atoms with E-state index in [0.29, 0.717) is 22.9 Å². The van der Waals surface area contributed by atoms with Gasteiger partial charge in [0.15, 0.2) is 0 Å². The third kappa shape index (κ3) is 4.06. The first-order chi connectivity index (χ1) is 12.2. The molecule has 0 aliphatic carbocycles. The lowest BCUT2D eigenvalue weighted by atomic mass is 10.1. The Morgan fingerprint density at radius 2 is 1.64 bits per heavy atom. The normalized spacial score (nSPS) is 10.5. The lowest BCUT2D eigenvalue weighted by Gasteiger charge is -2.22. The number of aryl methyl sites for hydroxylation is 1. The van der Waals surface area contributed by atoms with Crippen LogP contribution in [0.25, 0.3) is 0 Å². The molecule has 0 N–H and O–H groups in total. The summed E-state index contributed by atoms with van der Waals surface area (Å²) in [5, 5.41) is 0.440. The number of pyridine rings is 1. The third-order valence-corrected chi connectivity index (χ3v) is 4.38. The Labute approximate surface area is 152 Å². The molecule has 0 fully saturated rings. The molecule has 3 aromatic rings. The van der Waals surface area contributed by atoms with Crippen LogP contribution in [0.1, 0.15) is 28.4 Å². The highest BCUT2D eigenvalue weighted by Gasteiger charge is 2.21. The molecule has 0 bridgehead atoms. The Morgan fingerprint density at radius 3 is 2.28 bits per heavy atom. The number of rotatable bonds is 5. The summed E-state index contributed by atoms with van der Waals surface area (Å²) in [5.41, 5.74) is 2.79. The van der Waals surface area contributed by atoms with Crippen LogP contribution < -0.4 is 4.90 Å². The van der Waals surface area contributed by atoms with E-state index in [4.69, 9.17) is 11.6 Å². The number of halogens is 1. The van der Waals surface area contributed by atoms with Crippen LogP contribution in [0.15, 0.2) is 72.9 Å². The van der Waals surface area contributed by atoms with Crippen LogP contribution in [0.2, 0.25) is 5.02 Å². The van der Waals surface area contributed by atoms with Crippen LogP contribution >= 0.6 is 11.6 Å². The Balaban J connectivity index is 1.95. The van der Waals surface area contributed by atoms with Crippen molar-refractivity contribution in [2.45, 2.75) is 19.9 Å². The zero-order chi connectivity index (χ0) is 17.6. The maximum Gasteiger partial charge on any atom is 0.261 e. The van der Waals surface area contributed by atoms with Gasteiger partial charge in [-0.3, -0.25) is 9.69 Å². The van der Waals surface area contributed by atoms with Crippen LogP contribution in [0.3, 0.4) is 0 Å². The van der Waals surface area contributed by atoms with Crippen molar-refractivity contribution in [2.24, 2.45) is 0 Å². The van der Waals surface area contributed by atoms with E-state index in [9.17, 15) is 4.79 Å². The summed E-state index contributed by atoms with van der Waals surface area (Å²) in [5.74, 6) is 0.441. The smallest absolute Gasteiger partial charge is 0.261 e. The van der Waals surface area contributed by atoms with Gasteiger partial charge in [0.25, 0.3) is 5.91 Å². The maximum absolute atomic E-state index is 13.1. The van der Waals surface area contributed by atoms with Crippen LogP contribution in [0.4, 0.5) is 5.82 Å². The van der Waals surface area contributed by atoms with E-state index in [2.05, 4.69) is 36.2 Å². The lowest BCUT2D eigenvalue weighted by Crippen LogP contribution is -2.31. The molecule has 0 aliphatic rings. The lowest BCUT2D eigenvalue weighted by molar-refractivity contribution is 0.0984. The molecule has 3 rings (SSSR count). The van der Waals surface area contributed by atoms with Gasteiger partial charge in [-0.25, -0.2) is 4.98 Å². The molecule has 0 saturated carbocycles. The standard InChI is InChI=1S/C21H19ClN2O/c1-2-16-10-12-17(13-11-16)15-24(20-9-5-6-14-23-20)21(25)18-7-3-4-8-19(18)22/h3-14H,2,15H2,1H3. The van der Waals surface area contributed by atoms with Gasteiger partial charge in [0, 0.05) is 6.20 Å². The maximum atomic E-state index is 13.1. The number of carbonyl (C=O) groups excluding carboxylic acids is 1. The number of aromatic nitrogens is 1. The number of carbonyl (C=O) groups is 1. The molecule has 3 nitrogen and oxygen atoms in total. The average molecular weight is 351 g/mol. The number of nitrogens with zero attached hydrogens (tertiary/aromatic N) is 2. The van der Waals surface area contributed by atoms with Gasteiger partial charge in [-0.15, -0.1) is 0 Å². The Hall–Kier alpha value is -2.65. The number of anilines is 1. The van der Waals surface area contributed by atoms with Gasteiger partial charge in [-0.05, 0) is 41.8 Å². The number of benzene rings is 2. The fourth-order valence-electron chi connectivity index (χ4n) is 2.61. The van der Waals surface area contributed by atoms with Gasteiger partial charge in [0.1, 0.15) is 5.82 Å². The molecular formula is C21H19ClN2O. The van der Waals surface area contributed by atoms with Gasteiger partial charge in [-0.2, -0.15) is 0 Å². The topological polar surface area (TPSA) is 33.2 Å². The minimum Gasteiger partial charge on any atom is -0.288 e. The second-order valence-electron chi connectivity index (χ2n) is 5.73. The molecule has 2 aromatic carbocycles. The van der Waals surface area contributed by atoms with E-state index in [1.807, 2.05) is 30.3 Å². The third-order valence-electron chi connectivity index (χ3n) is 4.05. The highest BCUT2D eigenvalue weighted by molar-refractivity contribution is 6.34. The van der Waals surface area contributed by atoms with Crippen molar-refractivity contribution >= 4 is 23.3 Å². The van der Waals surface area contributed by atoms with E-state index in [0.717, 1.165) is 12.0 Å². The van der Waals surface area contributed by atoms with E-state index in [-0.39, 0.29) is 5.91 Å². The summed E-state index contributed by atoms with van der Waals surface area (Å²) in [6.07, 6.45) is 2.67. The number of hydrogen-bond acceptors (Lipinski definition) is 2. The van der Waals surface area contributed by atoms with Crippen LogP contribution in [0.5, 0.6) is 0 Å². The summed E-state index contributed by atoms with van der Waals surface area (Å²) < 4.78 is 0. The molecule has 1 aromatic heterocycles. The molecule has 0 spiro atoms. The highest BCUT2D eigenvalue weighted by atomic mass is 35.5. The van der Waals surface area contributed by atoms with Crippen LogP contribution in [-0.4, -0.2) is 10.9 Å². The van der Waals surface area contributed by atoms with Gasteiger partial charge in [-0.1, -0.05) is 61.0 Å². The molecule has 0 radical (unpaired) electrons. The van der Waals surface area contributed by atoms with E-state index in [1.165, 1.54) is 5.56 Å². The fraction of sp³-hybridized carbons (Fsp3) is 0.143. The molecule has 0 atom stereocenters. The van der Waals surface area contributed by atoms with Gasteiger partial charge in [0.05, 0.1) is 17.1 Å². The Bertz CT molecular complexity index is 847. The fourth-order valence-corrected chi connectivity index (χ4v) is 2.83. The molecule has 1 heterocycles. The Morgan fingerprint density at radius 1 is 0.960 bits per heavy atom. The first-order valence-electron chi connectivity index (χ1n) is 8.24. The van der Waals surface area contributed by atoms with Crippen molar-refractivity contribution in [1.82, 2.24) is 4.98 Å².